The van der Waals surface area contributed by atoms with E-state index in [4.69, 9.17) is 31.4 Å². The van der Waals surface area contributed by atoms with E-state index in [9.17, 15) is 0 Å². The lowest BCUT2D eigenvalue weighted by Gasteiger charge is -2.54. The Labute approximate surface area is 254 Å². The van der Waals surface area contributed by atoms with Crippen LogP contribution in [-0.4, -0.2) is 0 Å². The summed E-state index contributed by atoms with van der Waals surface area (Å²) in [6.07, 6.45) is 6.47. The first-order valence-electron chi connectivity index (χ1n) is 15.5. The lowest BCUT2D eigenvalue weighted by atomic mass is 9.50. The van der Waals surface area contributed by atoms with E-state index < -0.39 is 0 Å². The van der Waals surface area contributed by atoms with Crippen LogP contribution in [0.4, 0.5) is 17.1 Å². The van der Waals surface area contributed by atoms with Gasteiger partial charge in [-0.15, -0.1) is 0 Å². The summed E-state index contributed by atoms with van der Waals surface area (Å²) in [5.74, 6) is 7.51. The van der Waals surface area contributed by atoms with E-state index in [1.807, 2.05) is 87.5 Å². The van der Waals surface area contributed by atoms with Crippen molar-refractivity contribution >= 4 is 17.1 Å². The number of nitrogen functional groups attached to an aromatic ring is 3. The van der Waals surface area contributed by atoms with E-state index in [2.05, 4.69) is 0 Å². The number of nitrogens with two attached hydrogens (primary N) is 3. The first kappa shape index (κ1) is 27.5. The maximum absolute atomic E-state index is 6.85. The molecule has 4 aliphatic rings. The Morgan fingerprint density at radius 2 is 0.907 bits per heavy atom. The number of anilines is 3. The van der Waals surface area contributed by atoms with Crippen LogP contribution in [0.15, 0.2) is 66.7 Å². The minimum absolute atomic E-state index is 0.337. The molecule has 0 spiro atoms. The third kappa shape index (κ3) is 5.03. The molecule has 0 aliphatic heterocycles. The second-order valence-corrected chi connectivity index (χ2v) is 13.0. The van der Waals surface area contributed by atoms with Crippen molar-refractivity contribution in [1.29, 1.82) is 0 Å². The molecule has 8 rings (SSSR count). The Kier molecular flexibility index (Phi) is 6.88. The van der Waals surface area contributed by atoms with Crippen LogP contribution in [0.25, 0.3) is 0 Å². The number of hydrogen-bond acceptors (Lipinski definition) is 6. The molecule has 4 saturated carbocycles. The third-order valence-electron chi connectivity index (χ3n) is 10.3. The minimum atomic E-state index is 0.337. The van der Waals surface area contributed by atoms with Gasteiger partial charge in [-0.2, -0.15) is 0 Å². The van der Waals surface area contributed by atoms with Gasteiger partial charge in [0.25, 0.3) is 0 Å². The highest BCUT2D eigenvalue weighted by atomic mass is 16.5. The van der Waals surface area contributed by atoms with E-state index >= 15 is 0 Å². The van der Waals surface area contributed by atoms with Gasteiger partial charge >= 0.3 is 0 Å². The van der Waals surface area contributed by atoms with Gasteiger partial charge in [-0.3, -0.25) is 0 Å². The summed E-state index contributed by atoms with van der Waals surface area (Å²) < 4.78 is 20.2. The normalized spacial score (nSPS) is 23.7. The molecule has 0 unspecified atom stereocenters. The van der Waals surface area contributed by atoms with E-state index in [1.54, 1.807) is 0 Å². The SMILES string of the molecule is Cc1c(N)cccc1Oc1cc(Oc2cccc(N)c2C)c(C2C3CC4CC(C3)CC2C4)c(Oc2cccc(N)c2C)c1. The van der Waals surface area contributed by atoms with Crippen molar-refractivity contribution in [2.24, 2.45) is 23.7 Å². The average Bonchev–Trinajstić information content (AvgIpc) is 2.97. The molecule has 0 atom stereocenters. The van der Waals surface area contributed by atoms with Crippen molar-refractivity contribution in [1.82, 2.24) is 0 Å². The van der Waals surface area contributed by atoms with Crippen molar-refractivity contribution in [3.05, 3.63) is 89.0 Å². The largest absolute Gasteiger partial charge is 0.457 e. The van der Waals surface area contributed by atoms with E-state index in [1.165, 1.54) is 32.1 Å². The summed E-state index contributed by atoms with van der Waals surface area (Å²) in [7, 11) is 0. The summed E-state index contributed by atoms with van der Waals surface area (Å²) >= 11 is 0. The Bertz CT molecular complexity index is 1590. The first-order chi connectivity index (χ1) is 20.7. The van der Waals surface area contributed by atoms with Crippen molar-refractivity contribution in [3.63, 3.8) is 0 Å². The summed E-state index contributed by atoms with van der Waals surface area (Å²) in [4.78, 5) is 0. The maximum atomic E-state index is 6.85. The minimum Gasteiger partial charge on any atom is -0.457 e. The summed E-state index contributed by atoms with van der Waals surface area (Å²) in [5, 5.41) is 0. The molecule has 0 aromatic heterocycles. The number of rotatable bonds is 7. The molecule has 0 saturated heterocycles. The van der Waals surface area contributed by atoms with Crippen molar-refractivity contribution in [2.75, 3.05) is 17.2 Å². The smallest absolute Gasteiger partial charge is 0.138 e. The van der Waals surface area contributed by atoms with Crippen LogP contribution in [-0.2, 0) is 0 Å². The predicted molar refractivity (Wildman–Crippen MR) is 173 cm³/mol. The van der Waals surface area contributed by atoms with Gasteiger partial charge in [0.15, 0.2) is 0 Å². The van der Waals surface area contributed by atoms with Crippen molar-refractivity contribution in [3.8, 4) is 34.5 Å². The molecule has 4 aromatic rings. The molecule has 0 amide bonds. The van der Waals surface area contributed by atoms with Gasteiger partial charge in [-0.05, 0) is 119 Å². The average molecular weight is 576 g/mol. The first-order valence-corrected chi connectivity index (χ1v) is 15.5. The fourth-order valence-electron chi connectivity index (χ4n) is 8.12. The Morgan fingerprint density at radius 3 is 1.33 bits per heavy atom. The monoisotopic (exact) mass is 575 g/mol. The molecular weight excluding hydrogens is 534 g/mol. The maximum Gasteiger partial charge on any atom is 0.138 e. The Balaban J connectivity index is 1.41. The van der Waals surface area contributed by atoms with Gasteiger partial charge in [-0.25, -0.2) is 0 Å². The summed E-state index contributed by atoms with van der Waals surface area (Å²) in [6.45, 7) is 5.96. The second-order valence-electron chi connectivity index (χ2n) is 13.0. The molecule has 4 aromatic carbocycles. The number of benzene rings is 4. The van der Waals surface area contributed by atoms with Gasteiger partial charge in [0.05, 0.1) is 0 Å². The summed E-state index contributed by atoms with van der Waals surface area (Å²) in [5.41, 5.74) is 24.8. The van der Waals surface area contributed by atoms with Gasteiger partial charge in [0.1, 0.15) is 34.5 Å². The molecule has 6 nitrogen and oxygen atoms in total. The zero-order valence-corrected chi connectivity index (χ0v) is 25.2. The van der Waals surface area contributed by atoms with Crippen LogP contribution < -0.4 is 31.4 Å². The molecule has 0 radical (unpaired) electrons. The molecule has 4 fully saturated rings. The van der Waals surface area contributed by atoms with Crippen LogP contribution in [0.1, 0.15) is 60.3 Å². The molecule has 6 heteroatoms. The highest BCUT2D eigenvalue weighted by Crippen LogP contribution is 2.63. The zero-order chi connectivity index (χ0) is 29.8. The Morgan fingerprint density at radius 1 is 0.512 bits per heavy atom. The number of ether oxygens (including phenoxy) is 3. The second kappa shape index (κ2) is 10.7. The molecule has 0 heterocycles. The highest BCUT2D eigenvalue weighted by Gasteiger charge is 2.50. The third-order valence-corrected chi connectivity index (χ3v) is 10.3. The van der Waals surface area contributed by atoms with E-state index in [-0.39, 0.29) is 0 Å². The topological polar surface area (TPSA) is 106 Å². The van der Waals surface area contributed by atoms with Gasteiger partial charge in [0.2, 0.25) is 0 Å². The van der Waals surface area contributed by atoms with Crippen molar-refractivity contribution in [2.45, 2.75) is 58.8 Å². The lowest BCUT2D eigenvalue weighted by molar-refractivity contribution is -0.00397. The van der Waals surface area contributed by atoms with Crippen LogP contribution >= 0.6 is 0 Å². The molecule has 4 aliphatic carbocycles. The van der Waals surface area contributed by atoms with E-state index in [0.717, 1.165) is 57.1 Å². The quantitative estimate of drug-likeness (QED) is 0.190. The van der Waals surface area contributed by atoms with Gasteiger partial charge < -0.3 is 31.4 Å². The fourth-order valence-corrected chi connectivity index (χ4v) is 8.12. The Hall–Kier alpha value is -4.32. The lowest BCUT2D eigenvalue weighted by Crippen LogP contribution is -2.43. The molecular formula is C37H41N3O3. The van der Waals surface area contributed by atoms with Crippen LogP contribution in [0, 0.1) is 44.4 Å². The van der Waals surface area contributed by atoms with Gasteiger partial charge in [0, 0.05) is 51.4 Å². The summed E-state index contributed by atoms with van der Waals surface area (Å²) in [6, 6.07) is 21.4. The van der Waals surface area contributed by atoms with E-state index in [0.29, 0.717) is 46.3 Å². The van der Waals surface area contributed by atoms with Crippen LogP contribution in [0.3, 0.4) is 0 Å². The van der Waals surface area contributed by atoms with Crippen molar-refractivity contribution < 1.29 is 14.2 Å². The van der Waals surface area contributed by atoms with Gasteiger partial charge in [-0.1, -0.05) is 18.2 Å². The molecule has 43 heavy (non-hydrogen) atoms. The standard InChI is InChI=1S/C37H41N3O3/c1-20-28(38)7-4-10-31(20)41-27-18-34(42-32-11-5-8-29(39)21(32)2)37(35(19-27)43-33-12-6-9-30(40)22(33)3)36-25-14-23-13-24(16-25)17-26(36)15-23/h4-12,18-19,23-26,36H,13-17,38-40H2,1-3H3. The van der Waals surface area contributed by atoms with Crippen LogP contribution in [0.5, 0.6) is 34.5 Å². The van der Waals surface area contributed by atoms with Crippen LogP contribution in [0.2, 0.25) is 0 Å². The zero-order valence-electron chi connectivity index (χ0n) is 25.2. The predicted octanol–water partition coefficient (Wildman–Crippen LogP) is 9.28. The highest BCUT2D eigenvalue weighted by molar-refractivity contribution is 5.62. The molecule has 222 valence electrons. The molecule has 4 bridgehead atoms. The fraction of sp³-hybridized carbons (Fsp3) is 0.351. The number of hydrogen-bond donors (Lipinski definition) is 3. The molecule has 6 N–H and O–H groups in total.